The van der Waals surface area contributed by atoms with Gasteiger partial charge >= 0.3 is 0 Å². The fourth-order valence-electron chi connectivity index (χ4n) is 4.30. The lowest BCUT2D eigenvalue weighted by molar-refractivity contribution is 0.949. The van der Waals surface area contributed by atoms with Gasteiger partial charge in [-0.2, -0.15) is 0 Å². The highest BCUT2D eigenvalue weighted by molar-refractivity contribution is 7.00. The average Bonchev–Trinajstić information content (AvgIpc) is 3.36. The summed E-state index contributed by atoms with van der Waals surface area (Å²) in [6.45, 7) is 9.87. The van der Waals surface area contributed by atoms with Crippen molar-refractivity contribution in [3.8, 4) is 0 Å². The summed E-state index contributed by atoms with van der Waals surface area (Å²) in [6, 6.07) is 18.8. The number of hydrogen-bond donors (Lipinski definition) is 0. The van der Waals surface area contributed by atoms with Crippen LogP contribution in [-0.2, 0) is 0 Å². The van der Waals surface area contributed by atoms with E-state index in [0.29, 0.717) is 0 Å². The van der Waals surface area contributed by atoms with Gasteiger partial charge in [-0.25, -0.2) is 0 Å². The Kier molecular flexibility index (Phi) is 4.59. The van der Waals surface area contributed by atoms with E-state index in [1.165, 1.54) is 63.2 Å². The number of nitrogens with zero attached hydrogens (tertiary/aromatic N) is 2. The van der Waals surface area contributed by atoms with Gasteiger partial charge < -0.3 is 9.80 Å². The van der Waals surface area contributed by atoms with Crippen LogP contribution >= 0.6 is 0 Å². The van der Waals surface area contributed by atoms with Gasteiger partial charge in [0, 0.05) is 37.6 Å². The minimum atomic E-state index is -1.67. The lowest BCUT2D eigenvalue weighted by atomic mass is 10.3. The molecule has 132 valence electrons. The number of rotatable bonds is 4. The minimum absolute atomic E-state index is 1.22. The van der Waals surface area contributed by atoms with Gasteiger partial charge in [0.05, 0.1) is 0 Å². The maximum atomic E-state index is 2.55. The molecule has 2 heterocycles. The third-order valence-electron chi connectivity index (χ3n) is 6.08. The highest BCUT2D eigenvalue weighted by Gasteiger charge is 2.27. The fraction of sp³-hybridized carbons (Fsp3) is 0.455. The van der Waals surface area contributed by atoms with Crippen LogP contribution in [0.3, 0.4) is 0 Å². The first-order valence-corrected chi connectivity index (χ1v) is 12.9. The molecule has 3 heteroatoms. The van der Waals surface area contributed by atoms with Crippen LogP contribution in [0.25, 0.3) is 0 Å². The molecule has 0 unspecified atom stereocenters. The Bertz CT molecular complexity index is 667. The van der Waals surface area contributed by atoms with Crippen molar-refractivity contribution in [3.63, 3.8) is 0 Å². The van der Waals surface area contributed by atoms with E-state index in [2.05, 4.69) is 71.4 Å². The van der Waals surface area contributed by atoms with E-state index in [9.17, 15) is 0 Å². The van der Waals surface area contributed by atoms with Crippen molar-refractivity contribution in [2.24, 2.45) is 0 Å². The second kappa shape index (κ2) is 6.87. The van der Waals surface area contributed by atoms with Gasteiger partial charge in [0.2, 0.25) is 0 Å². The van der Waals surface area contributed by atoms with Gasteiger partial charge in [0.15, 0.2) is 0 Å². The zero-order valence-corrected chi connectivity index (χ0v) is 16.7. The van der Waals surface area contributed by atoms with E-state index < -0.39 is 8.07 Å². The average molecular weight is 351 g/mol. The summed E-state index contributed by atoms with van der Waals surface area (Å²) in [7, 11) is -1.67. The van der Waals surface area contributed by atoms with Crippen molar-refractivity contribution in [2.45, 2.75) is 38.8 Å². The molecule has 0 aliphatic carbocycles. The molecule has 2 aliphatic rings. The molecule has 0 atom stereocenters. The molecule has 2 aromatic carbocycles. The first-order valence-electron chi connectivity index (χ1n) is 9.85. The Balaban J connectivity index is 1.64. The van der Waals surface area contributed by atoms with Gasteiger partial charge in [-0.05, 0) is 49.9 Å². The molecule has 0 amide bonds. The molecule has 4 rings (SSSR count). The summed E-state index contributed by atoms with van der Waals surface area (Å²) in [5.74, 6) is 0. The van der Waals surface area contributed by atoms with Crippen LogP contribution in [0.4, 0.5) is 11.4 Å². The first-order chi connectivity index (χ1) is 12.1. The van der Waals surface area contributed by atoms with Gasteiger partial charge in [-0.3, -0.25) is 0 Å². The highest BCUT2D eigenvalue weighted by Crippen LogP contribution is 2.22. The van der Waals surface area contributed by atoms with Gasteiger partial charge in [0.1, 0.15) is 8.07 Å². The normalized spacial score (nSPS) is 18.2. The van der Waals surface area contributed by atoms with Crippen LogP contribution in [0, 0.1) is 0 Å². The van der Waals surface area contributed by atoms with E-state index >= 15 is 0 Å². The summed E-state index contributed by atoms with van der Waals surface area (Å²) >= 11 is 0. The smallest absolute Gasteiger partial charge is 0.112 e. The van der Waals surface area contributed by atoms with Crippen LogP contribution < -0.4 is 20.2 Å². The van der Waals surface area contributed by atoms with Gasteiger partial charge in [0.25, 0.3) is 0 Å². The molecular weight excluding hydrogens is 320 g/mol. The van der Waals surface area contributed by atoms with Gasteiger partial charge in [-0.15, -0.1) is 0 Å². The largest absolute Gasteiger partial charge is 0.372 e. The lowest BCUT2D eigenvalue weighted by Crippen LogP contribution is -2.53. The molecule has 25 heavy (non-hydrogen) atoms. The summed E-state index contributed by atoms with van der Waals surface area (Å²) in [5.41, 5.74) is 2.84. The van der Waals surface area contributed by atoms with Crippen LogP contribution in [0.1, 0.15) is 25.7 Å². The standard InChI is InChI=1S/C22H30N2Si/c1-25(2,21-11-7-9-19(17-21)23-13-3-4-14-23)22-12-8-10-20(18-22)24-15-5-6-16-24/h7-12,17-18H,3-6,13-16H2,1-2H3. The second-order valence-electron chi connectivity index (χ2n) is 8.11. The Morgan fingerprint density at radius 1 is 0.640 bits per heavy atom. The van der Waals surface area contributed by atoms with Crippen molar-refractivity contribution in [2.75, 3.05) is 36.0 Å². The Labute approximate surface area is 153 Å². The zero-order valence-electron chi connectivity index (χ0n) is 15.7. The summed E-state index contributed by atoms with van der Waals surface area (Å²) in [6.07, 6.45) is 5.34. The molecule has 0 aromatic heterocycles. The molecule has 0 spiro atoms. The minimum Gasteiger partial charge on any atom is -0.372 e. The van der Waals surface area contributed by atoms with Crippen molar-refractivity contribution >= 4 is 29.8 Å². The Morgan fingerprint density at radius 2 is 1.04 bits per heavy atom. The van der Waals surface area contributed by atoms with E-state index in [1.807, 2.05) is 0 Å². The van der Waals surface area contributed by atoms with Crippen molar-refractivity contribution in [1.82, 2.24) is 0 Å². The predicted octanol–water partition coefficient (Wildman–Crippen LogP) is 3.71. The van der Waals surface area contributed by atoms with Crippen LogP contribution in [0.2, 0.25) is 13.1 Å². The molecule has 0 saturated carbocycles. The van der Waals surface area contributed by atoms with Crippen LogP contribution in [0.15, 0.2) is 48.5 Å². The van der Waals surface area contributed by atoms with E-state index in [-0.39, 0.29) is 0 Å². The van der Waals surface area contributed by atoms with E-state index in [0.717, 1.165) is 0 Å². The first kappa shape index (κ1) is 16.7. The molecule has 2 nitrogen and oxygen atoms in total. The topological polar surface area (TPSA) is 6.48 Å². The molecule has 2 saturated heterocycles. The lowest BCUT2D eigenvalue weighted by Gasteiger charge is -2.28. The third-order valence-corrected chi connectivity index (χ3v) is 9.59. The maximum Gasteiger partial charge on any atom is 0.112 e. The highest BCUT2D eigenvalue weighted by atomic mass is 28.3. The molecular formula is C22H30N2Si. The Hall–Kier alpha value is -1.74. The number of anilines is 2. The van der Waals surface area contributed by atoms with E-state index in [4.69, 9.17) is 0 Å². The predicted molar refractivity (Wildman–Crippen MR) is 113 cm³/mol. The van der Waals surface area contributed by atoms with Crippen molar-refractivity contribution in [1.29, 1.82) is 0 Å². The zero-order chi connectivity index (χ0) is 17.3. The third kappa shape index (κ3) is 3.34. The summed E-state index contributed by atoms with van der Waals surface area (Å²) in [4.78, 5) is 5.10. The van der Waals surface area contributed by atoms with Crippen molar-refractivity contribution in [3.05, 3.63) is 48.5 Å². The SMILES string of the molecule is C[Si](C)(c1cccc(N2CCCC2)c1)c1cccc(N2CCCC2)c1. The van der Waals surface area contributed by atoms with Gasteiger partial charge in [-0.1, -0.05) is 47.7 Å². The quantitative estimate of drug-likeness (QED) is 0.776. The second-order valence-corrected chi connectivity index (χ2v) is 12.5. The molecule has 2 aliphatic heterocycles. The summed E-state index contributed by atoms with van der Waals surface area (Å²) in [5, 5.41) is 3.10. The monoisotopic (exact) mass is 350 g/mol. The fourth-order valence-corrected chi connectivity index (χ4v) is 6.68. The number of hydrogen-bond acceptors (Lipinski definition) is 2. The van der Waals surface area contributed by atoms with E-state index in [1.54, 1.807) is 10.4 Å². The van der Waals surface area contributed by atoms with Crippen LogP contribution in [0.5, 0.6) is 0 Å². The molecule has 0 N–H and O–H groups in total. The molecule has 2 fully saturated rings. The maximum absolute atomic E-state index is 2.55. The summed E-state index contributed by atoms with van der Waals surface area (Å²) < 4.78 is 0. The Morgan fingerprint density at radius 3 is 1.44 bits per heavy atom. The molecule has 0 bridgehead atoms. The number of benzene rings is 2. The van der Waals surface area contributed by atoms with Crippen molar-refractivity contribution < 1.29 is 0 Å². The molecule has 2 aromatic rings. The molecule has 0 radical (unpaired) electrons. The van der Waals surface area contributed by atoms with Crippen LogP contribution in [-0.4, -0.2) is 34.3 Å².